The van der Waals surface area contributed by atoms with E-state index in [0.717, 1.165) is 22.1 Å². The van der Waals surface area contributed by atoms with Gasteiger partial charge in [0.2, 0.25) is 11.8 Å². The number of nitrogens with zero attached hydrogens (tertiary/aromatic N) is 2. The number of thioether (sulfide) groups is 1. The van der Waals surface area contributed by atoms with Crippen LogP contribution in [0.4, 0.5) is 11.4 Å². The van der Waals surface area contributed by atoms with Gasteiger partial charge in [-0.2, -0.15) is 0 Å². The minimum Gasteiger partial charge on any atom is -0.326 e. The molecule has 0 spiro atoms. The Morgan fingerprint density at radius 2 is 1.53 bits per heavy atom. The van der Waals surface area contributed by atoms with Gasteiger partial charge >= 0.3 is 0 Å². The summed E-state index contributed by atoms with van der Waals surface area (Å²) in [5.74, 6) is -0.118. The summed E-state index contributed by atoms with van der Waals surface area (Å²) >= 11 is 1.37. The van der Waals surface area contributed by atoms with E-state index in [2.05, 4.69) is 20.2 Å². The largest absolute Gasteiger partial charge is 0.326 e. The Bertz CT molecular complexity index is 1220. The molecule has 32 heavy (non-hydrogen) atoms. The summed E-state index contributed by atoms with van der Waals surface area (Å²) in [4.78, 5) is 28.4. The van der Waals surface area contributed by atoms with Crippen molar-refractivity contribution in [2.75, 3.05) is 16.4 Å². The maximum absolute atomic E-state index is 12.6. The van der Waals surface area contributed by atoms with Crippen molar-refractivity contribution in [1.29, 1.82) is 0 Å². The van der Waals surface area contributed by atoms with E-state index < -0.39 is 0 Å². The maximum atomic E-state index is 12.6. The van der Waals surface area contributed by atoms with E-state index in [-0.39, 0.29) is 17.6 Å². The van der Waals surface area contributed by atoms with Crippen LogP contribution in [0, 0.1) is 0 Å². The molecule has 2 amide bonds. The van der Waals surface area contributed by atoms with Gasteiger partial charge in [0, 0.05) is 29.5 Å². The van der Waals surface area contributed by atoms with Gasteiger partial charge in [-0.3, -0.25) is 14.2 Å². The summed E-state index contributed by atoms with van der Waals surface area (Å²) in [5.41, 5.74) is 4.25. The second-order valence-electron chi connectivity index (χ2n) is 7.06. The molecule has 3 aromatic carbocycles. The monoisotopic (exact) mass is 442 g/mol. The molecular weight excluding hydrogens is 420 g/mol. The van der Waals surface area contributed by atoms with Crippen molar-refractivity contribution in [2.24, 2.45) is 0 Å². The van der Waals surface area contributed by atoms with E-state index in [4.69, 9.17) is 0 Å². The van der Waals surface area contributed by atoms with Crippen molar-refractivity contribution in [3.05, 3.63) is 91.1 Å². The summed E-state index contributed by atoms with van der Waals surface area (Å²) in [5, 5.41) is 6.32. The number of hydrogen-bond donors (Lipinski definition) is 2. The number of imidazole rings is 1. The molecule has 1 aromatic heterocycles. The van der Waals surface area contributed by atoms with Crippen LogP contribution < -0.4 is 10.6 Å². The highest BCUT2D eigenvalue weighted by molar-refractivity contribution is 7.99. The Morgan fingerprint density at radius 3 is 2.22 bits per heavy atom. The van der Waals surface area contributed by atoms with Crippen molar-refractivity contribution in [1.82, 2.24) is 9.55 Å². The number of para-hydroxylation sites is 1. The fourth-order valence-corrected chi connectivity index (χ4v) is 4.07. The minimum absolute atomic E-state index is 0.154. The van der Waals surface area contributed by atoms with E-state index in [1.807, 2.05) is 66.9 Å². The lowest BCUT2D eigenvalue weighted by atomic mass is 10.1. The van der Waals surface area contributed by atoms with E-state index >= 15 is 0 Å². The third-order valence-electron chi connectivity index (χ3n) is 4.61. The number of benzene rings is 3. The molecule has 1 heterocycles. The van der Waals surface area contributed by atoms with Crippen molar-refractivity contribution < 1.29 is 9.59 Å². The van der Waals surface area contributed by atoms with Crippen molar-refractivity contribution in [3.8, 4) is 16.9 Å². The number of hydrogen-bond acceptors (Lipinski definition) is 4. The highest BCUT2D eigenvalue weighted by atomic mass is 32.2. The lowest BCUT2D eigenvalue weighted by molar-refractivity contribution is -0.114. The number of carbonyl (C=O) groups is 2. The smallest absolute Gasteiger partial charge is 0.234 e. The van der Waals surface area contributed by atoms with Crippen LogP contribution in [0.3, 0.4) is 0 Å². The molecule has 0 saturated heterocycles. The Labute approximate surface area is 190 Å². The van der Waals surface area contributed by atoms with Crippen LogP contribution >= 0.6 is 11.8 Å². The Morgan fingerprint density at radius 1 is 0.875 bits per heavy atom. The average molecular weight is 443 g/mol. The van der Waals surface area contributed by atoms with Crippen molar-refractivity contribution in [2.45, 2.75) is 12.1 Å². The van der Waals surface area contributed by atoms with Gasteiger partial charge in [-0.05, 0) is 30.3 Å². The van der Waals surface area contributed by atoms with Gasteiger partial charge in [0.1, 0.15) is 0 Å². The third-order valence-corrected chi connectivity index (χ3v) is 5.57. The zero-order valence-corrected chi connectivity index (χ0v) is 18.3. The highest BCUT2D eigenvalue weighted by Gasteiger charge is 2.15. The number of nitrogens with one attached hydrogen (secondary N) is 2. The van der Waals surface area contributed by atoms with E-state index in [9.17, 15) is 9.59 Å². The van der Waals surface area contributed by atoms with Gasteiger partial charge < -0.3 is 10.6 Å². The molecule has 2 N–H and O–H groups in total. The lowest BCUT2D eigenvalue weighted by Crippen LogP contribution is -2.15. The molecule has 4 rings (SSSR count). The van der Waals surface area contributed by atoms with Gasteiger partial charge in [0.15, 0.2) is 5.16 Å². The zero-order valence-electron chi connectivity index (χ0n) is 17.5. The van der Waals surface area contributed by atoms with Crippen LogP contribution in [0.25, 0.3) is 16.9 Å². The predicted octanol–water partition coefficient (Wildman–Crippen LogP) is 5.23. The minimum atomic E-state index is -0.161. The molecule has 0 aliphatic heterocycles. The lowest BCUT2D eigenvalue weighted by Gasteiger charge is -2.12. The summed E-state index contributed by atoms with van der Waals surface area (Å²) < 4.78 is 2.06. The standard InChI is InChI=1S/C25H22N4O2S/c1-18(30)27-20-11-8-12-21(15-20)28-24(31)17-32-25-26-16-23(19-9-4-2-5-10-19)29(25)22-13-6-3-7-14-22/h2-16H,17H2,1H3,(H,27,30)(H,28,31). The molecule has 6 nitrogen and oxygen atoms in total. The number of rotatable bonds is 7. The molecule has 4 aromatic rings. The molecule has 0 radical (unpaired) electrons. The SMILES string of the molecule is CC(=O)Nc1cccc(NC(=O)CSc2ncc(-c3ccccc3)n2-c2ccccc2)c1. The molecule has 0 atom stereocenters. The van der Waals surface area contributed by atoms with Crippen LogP contribution in [-0.2, 0) is 9.59 Å². The normalized spacial score (nSPS) is 10.5. The summed E-state index contributed by atoms with van der Waals surface area (Å²) in [6.45, 7) is 1.44. The molecule has 0 aliphatic carbocycles. The summed E-state index contributed by atoms with van der Waals surface area (Å²) in [7, 11) is 0. The number of anilines is 2. The molecule has 0 fully saturated rings. The van der Waals surface area contributed by atoms with E-state index in [0.29, 0.717) is 11.4 Å². The number of amides is 2. The number of aromatic nitrogens is 2. The van der Waals surface area contributed by atoms with Crippen LogP contribution in [0.1, 0.15) is 6.92 Å². The average Bonchev–Trinajstić information content (AvgIpc) is 3.23. The zero-order chi connectivity index (χ0) is 22.3. The molecule has 7 heteroatoms. The van der Waals surface area contributed by atoms with Gasteiger partial charge in [0.25, 0.3) is 0 Å². The van der Waals surface area contributed by atoms with Crippen LogP contribution in [0.5, 0.6) is 0 Å². The summed E-state index contributed by atoms with van der Waals surface area (Å²) in [6, 6.07) is 27.1. The van der Waals surface area contributed by atoms with Crippen molar-refractivity contribution in [3.63, 3.8) is 0 Å². The van der Waals surface area contributed by atoms with Crippen LogP contribution in [0.15, 0.2) is 96.3 Å². The topological polar surface area (TPSA) is 76.0 Å². The van der Waals surface area contributed by atoms with Crippen LogP contribution in [0.2, 0.25) is 0 Å². The van der Waals surface area contributed by atoms with Gasteiger partial charge in [-0.15, -0.1) is 0 Å². The van der Waals surface area contributed by atoms with E-state index in [1.54, 1.807) is 24.3 Å². The van der Waals surface area contributed by atoms with Gasteiger partial charge in [-0.25, -0.2) is 4.98 Å². The molecule has 0 bridgehead atoms. The Kier molecular flexibility index (Phi) is 6.67. The first-order valence-electron chi connectivity index (χ1n) is 10.1. The second-order valence-corrected chi connectivity index (χ2v) is 8.00. The quantitative estimate of drug-likeness (QED) is 0.384. The maximum Gasteiger partial charge on any atom is 0.234 e. The third kappa shape index (κ3) is 5.25. The molecule has 0 aliphatic rings. The molecule has 0 unspecified atom stereocenters. The highest BCUT2D eigenvalue weighted by Crippen LogP contribution is 2.29. The first-order chi connectivity index (χ1) is 15.6. The fourth-order valence-electron chi connectivity index (χ4n) is 3.28. The Hall–Kier alpha value is -3.84. The second kappa shape index (κ2) is 9.98. The van der Waals surface area contributed by atoms with Crippen molar-refractivity contribution >= 4 is 35.0 Å². The molecule has 160 valence electrons. The van der Waals surface area contributed by atoms with Gasteiger partial charge in [-0.1, -0.05) is 66.4 Å². The van der Waals surface area contributed by atoms with E-state index in [1.165, 1.54) is 18.7 Å². The molecule has 0 saturated carbocycles. The fraction of sp³-hybridized carbons (Fsp3) is 0.0800. The first-order valence-corrected chi connectivity index (χ1v) is 11.1. The first kappa shape index (κ1) is 21.4. The predicted molar refractivity (Wildman–Crippen MR) is 129 cm³/mol. The number of carbonyl (C=O) groups excluding carboxylic acids is 2. The summed E-state index contributed by atoms with van der Waals surface area (Å²) in [6.07, 6.45) is 1.83. The molecular formula is C25H22N4O2S. The van der Waals surface area contributed by atoms with Crippen LogP contribution in [-0.4, -0.2) is 27.1 Å². The Balaban J connectivity index is 1.52. The van der Waals surface area contributed by atoms with Gasteiger partial charge in [0.05, 0.1) is 17.6 Å².